The Labute approximate surface area is 83.2 Å². The van der Waals surface area contributed by atoms with Crippen LogP contribution in [0.2, 0.25) is 0 Å². The summed E-state index contributed by atoms with van der Waals surface area (Å²) >= 11 is 0. The van der Waals surface area contributed by atoms with Crippen LogP contribution < -0.4 is 10.5 Å². The topological polar surface area (TPSA) is 35.2 Å². The first kappa shape index (κ1) is 10.7. The number of hydrogen-bond donors (Lipinski definition) is 1. The largest absolute Gasteiger partial charge is 0.493 e. The molecule has 1 aromatic rings. The molecule has 14 heavy (non-hydrogen) atoms. The predicted octanol–water partition coefficient (Wildman–Crippen LogP) is 2.24. The minimum Gasteiger partial charge on any atom is -0.493 e. The highest BCUT2D eigenvalue weighted by Crippen LogP contribution is 2.16. The molecule has 1 rings (SSSR count). The van der Waals surface area contributed by atoms with Crippen molar-refractivity contribution in [3.05, 3.63) is 42.2 Å². The lowest BCUT2D eigenvalue weighted by molar-refractivity contribution is 0.323. The fraction of sp³-hybridized carbons (Fsp3) is 0.273. The third kappa shape index (κ3) is 3.18. The molecule has 3 heteroatoms. The molecule has 0 spiro atoms. The zero-order chi connectivity index (χ0) is 10.4. The molecule has 0 aliphatic rings. The summed E-state index contributed by atoms with van der Waals surface area (Å²) in [5, 5.41) is 0. The summed E-state index contributed by atoms with van der Waals surface area (Å²) in [4.78, 5) is 0. The molecule has 2 N–H and O–H groups in total. The summed E-state index contributed by atoms with van der Waals surface area (Å²) in [7, 11) is 0. The Morgan fingerprint density at radius 2 is 2.21 bits per heavy atom. The second-order valence-corrected chi connectivity index (χ2v) is 2.93. The fourth-order valence-electron chi connectivity index (χ4n) is 1.08. The van der Waals surface area contributed by atoms with Gasteiger partial charge in [-0.05, 0) is 24.1 Å². The molecule has 76 valence electrons. The molecule has 0 bridgehead atoms. The number of hydrogen-bond acceptors (Lipinski definition) is 2. The van der Waals surface area contributed by atoms with E-state index in [2.05, 4.69) is 6.58 Å². The van der Waals surface area contributed by atoms with E-state index < -0.39 is 0 Å². The highest BCUT2D eigenvalue weighted by atomic mass is 19.1. The third-order valence-corrected chi connectivity index (χ3v) is 1.76. The van der Waals surface area contributed by atoms with Crippen LogP contribution in [0.3, 0.4) is 0 Å². The molecule has 0 aromatic heterocycles. The van der Waals surface area contributed by atoms with Gasteiger partial charge in [0, 0.05) is 12.6 Å². The first-order valence-electron chi connectivity index (χ1n) is 4.49. The summed E-state index contributed by atoms with van der Waals surface area (Å²) in [5.74, 6) is 0.203. The number of benzene rings is 1. The van der Waals surface area contributed by atoms with Gasteiger partial charge in [-0.2, -0.15) is 0 Å². The van der Waals surface area contributed by atoms with Crippen molar-refractivity contribution < 1.29 is 9.13 Å². The van der Waals surface area contributed by atoms with Crippen LogP contribution in [0, 0.1) is 5.82 Å². The SMILES string of the molecule is C=CCCOc1cc(F)cc(CN)c1. The number of rotatable bonds is 5. The van der Waals surface area contributed by atoms with Gasteiger partial charge in [-0.1, -0.05) is 6.08 Å². The molecule has 0 aliphatic heterocycles. The van der Waals surface area contributed by atoms with Gasteiger partial charge < -0.3 is 10.5 Å². The first-order chi connectivity index (χ1) is 6.76. The van der Waals surface area contributed by atoms with E-state index in [-0.39, 0.29) is 5.82 Å². The maximum absolute atomic E-state index is 13.0. The van der Waals surface area contributed by atoms with Gasteiger partial charge in [-0.3, -0.25) is 0 Å². The van der Waals surface area contributed by atoms with Crippen LogP contribution in [0.15, 0.2) is 30.9 Å². The summed E-state index contributed by atoms with van der Waals surface area (Å²) in [6.45, 7) is 4.40. The van der Waals surface area contributed by atoms with Gasteiger partial charge >= 0.3 is 0 Å². The Balaban J connectivity index is 2.66. The Kier molecular flexibility index (Phi) is 4.13. The van der Waals surface area contributed by atoms with Crippen molar-refractivity contribution in [3.8, 4) is 5.75 Å². The molecular weight excluding hydrogens is 181 g/mol. The summed E-state index contributed by atoms with van der Waals surface area (Å²) < 4.78 is 18.3. The maximum atomic E-state index is 13.0. The van der Waals surface area contributed by atoms with E-state index in [4.69, 9.17) is 10.5 Å². The summed E-state index contributed by atoms with van der Waals surface area (Å²) in [5.41, 5.74) is 6.14. The highest BCUT2D eigenvalue weighted by molar-refractivity contribution is 5.29. The van der Waals surface area contributed by atoms with Crippen LogP contribution in [0.5, 0.6) is 5.75 Å². The van der Waals surface area contributed by atoms with Gasteiger partial charge in [-0.15, -0.1) is 6.58 Å². The minimum absolute atomic E-state index is 0.315. The molecular formula is C11H14FNO. The Hall–Kier alpha value is -1.35. The van der Waals surface area contributed by atoms with E-state index in [1.807, 2.05) is 0 Å². The Morgan fingerprint density at radius 1 is 1.43 bits per heavy atom. The minimum atomic E-state index is -0.318. The zero-order valence-corrected chi connectivity index (χ0v) is 8.00. The molecule has 0 fully saturated rings. The van der Waals surface area contributed by atoms with E-state index in [0.29, 0.717) is 18.9 Å². The molecule has 2 nitrogen and oxygen atoms in total. The van der Waals surface area contributed by atoms with Crippen LogP contribution in [-0.4, -0.2) is 6.61 Å². The third-order valence-electron chi connectivity index (χ3n) is 1.76. The smallest absolute Gasteiger partial charge is 0.127 e. The Morgan fingerprint density at radius 3 is 2.86 bits per heavy atom. The van der Waals surface area contributed by atoms with Gasteiger partial charge in [0.25, 0.3) is 0 Å². The molecule has 0 saturated carbocycles. The van der Waals surface area contributed by atoms with Crippen molar-refractivity contribution in [2.45, 2.75) is 13.0 Å². The van der Waals surface area contributed by atoms with Gasteiger partial charge in [-0.25, -0.2) is 4.39 Å². The van der Waals surface area contributed by atoms with Gasteiger partial charge in [0.05, 0.1) is 6.61 Å². The van der Waals surface area contributed by atoms with Crippen molar-refractivity contribution in [2.24, 2.45) is 5.73 Å². The van der Waals surface area contributed by atoms with E-state index in [9.17, 15) is 4.39 Å². The lowest BCUT2D eigenvalue weighted by Crippen LogP contribution is -2.00. The molecule has 0 saturated heterocycles. The van der Waals surface area contributed by atoms with Crippen LogP contribution in [0.25, 0.3) is 0 Å². The Bertz CT molecular complexity index is 312. The van der Waals surface area contributed by atoms with Gasteiger partial charge in [0.15, 0.2) is 0 Å². The standard InChI is InChI=1S/C11H14FNO/c1-2-3-4-14-11-6-9(8-13)5-10(12)7-11/h2,5-7H,1,3-4,8,13H2. The van der Waals surface area contributed by atoms with E-state index >= 15 is 0 Å². The predicted molar refractivity (Wildman–Crippen MR) is 54.6 cm³/mol. The number of nitrogens with two attached hydrogens (primary N) is 1. The van der Waals surface area contributed by atoms with Crippen LogP contribution in [0.4, 0.5) is 4.39 Å². The van der Waals surface area contributed by atoms with Crippen LogP contribution in [0.1, 0.15) is 12.0 Å². The summed E-state index contributed by atoms with van der Waals surface area (Å²) in [6.07, 6.45) is 2.50. The zero-order valence-electron chi connectivity index (χ0n) is 8.00. The number of ether oxygens (including phenoxy) is 1. The average molecular weight is 195 g/mol. The normalized spacial score (nSPS) is 9.86. The monoisotopic (exact) mass is 195 g/mol. The van der Waals surface area contributed by atoms with Crippen LogP contribution >= 0.6 is 0 Å². The molecule has 0 unspecified atom stereocenters. The first-order valence-corrected chi connectivity index (χ1v) is 4.49. The molecule has 0 atom stereocenters. The molecule has 0 heterocycles. The van der Waals surface area contributed by atoms with Gasteiger partial charge in [0.2, 0.25) is 0 Å². The van der Waals surface area contributed by atoms with E-state index in [1.54, 1.807) is 12.1 Å². The van der Waals surface area contributed by atoms with Crippen molar-refractivity contribution in [3.63, 3.8) is 0 Å². The molecule has 0 aliphatic carbocycles. The second kappa shape index (κ2) is 5.40. The molecule has 0 amide bonds. The quantitative estimate of drug-likeness (QED) is 0.577. The average Bonchev–Trinajstić information content (AvgIpc) is 2.17. The highest BCUT2D eigenvalue weighted by Gasteiger charge is 1.99. The second-order valence-electron chi connectivity index (χ2n) is 2.93. The van der Waals surface area contributed by atoms with Crippen molar-refractivity contribution >= 4 is 0 Å². The van der Waals surface area contributed by atoms with Crippen molar-refractivity contribution in [1.29, 1.82) is 0 Å². The maximum Gasteiger partial charge on any atom is 0.127 e. The lowest BCUT2D eigenvalue weighted by Gasteiger charge is -2.06. The van der Waals surface area contributed by atoms with E-state index in [1.165, 1.54) is 12.1 Å². The van der Waals surface area contributed by atoms with Crippen LogP contribution in [-0.2, 0) is 6.54 Å². The fourth-order valence-corrected chi connectivity index (χ4v) is 1.08. The van der Waals surface area contributed by atoms with Gasteiger partial charge in [0.1, 0.15) is 11.6 Å². The molecule has 0 radical (unpaired) electrons. The van der Waals surface area contributed by atoms with Crippen molar-refractivity contribution in [1.82, 2.24) is 0 Å². The van der Waals surface area contributed by atoms with Crippen molar-refractivity contribution in [2.75, 3.05) is 6.61 Å². The lowest BCUT2D eigenvalue weighted by atomic mass is 10.2. The summed E-state index contributed by atoms with van der Waals surface area (Å²) in [6, 6.07) is 4.49. The number of halogens is 1. The van der Waals surface area contributed by atoms with E-state index in [0.717, 1.165) is 12.0 Å². The molecule has 1 aromatic carbocycles.